The van der Waals surface area contributed by atoms with Crippen LogP contribution in [0.3, 0.4) is 0 Å². The number of aliphatic hydroxyl groups excluding tert-OH is 2. The Morgan fingerprint density at radius 2 is 1.97 bits per heavy atom. The fraction of sp³-hybridized carbons (Fsp3) is 0.739. The summed E-state index contributed by atoms with van der Waals surface area (Å²) < 4.78 is 11.9. The average Bonchev–Trinajstić information content (AvgIpc) is 3.36. The van der Waals surface area contributed by atoms with E-state index in [2.05, 4.69) is 14.9 Å². The molecule has 31 heavy (non-hydrogen) atoms. The van der Waals surface area contributed by atoms with Crippen molar-refractivity contribution in [3.8, 4) is 5.88 Å². The van der Waals surface area contributed by atoms with Crippen molar-refractivity contribution < 1.29 is 19.7 Å². The third-order valence-corrected chi connectivity index (χ3v) is 8.33. The molecule has 2 aliphatic carbocycles. The number of nitrogens with zero attached hydrogens (tertiary/aromatic N) is 3. The number of thiophene rings is 1. The zero-order valence-corrected chi connectivity index (χ0v) is 18.9. The highest BCUT2D eigenvalue weighted by Gasteiger charge is 2.32. The van der Waals surface area contributed by atoms with E-state index in [1.807, 2.05) is 0 Å². The van der Waals surface area contributed by atoms with Crippen molar-refractivity contribution in [2.24, 2.45) is 5.92 Å². The van der Waals surface area contributed by atoms with Gasteiger partial charge in [0, 0.05) is 24.5 Å². The molecule has 0 radical (unpaired) electrons. The lowest BCUT2D eigenvalue weighted by Gasteiger charge is -2.34. The molecule has 8 heteroatoms. The number of aliphatic hydroxyl groups is 2. The molecular formula is C23H33N3O4S. The second kappa shape index (κ2) is 9.67. The maximum absolute atomic E-state index is 10.0. The van der Waals surface area contributed by atoms with E-state index < -0.39 is 6.10 Å². The molecule has 2 N–H and O–H groups in total. The lowest BCUT2D eigenvalue weighted by atomic mass is 9.87. The minimum absolute atomic E-state index is 0.193. The van der Waals surface area contributed by atoms with Crippen LogP contribution in [0.5, 0.6) is 5.88 Å². The van der Waals surface area contributed by atoms with Crippen LogP contribution in [0.2, 0.25) is 0 Å². The summed E-state index contributed by atoms with van der Waals surface area (Å²) in [5, 5.41) is 20.4. The molecule has 1 saturated carbocycles. The third-order valence-electron chi connectivity index (χ3n) is 7.15. The van der Waals surface area contributed by atoms with Crippen LogP contribution in [-0.4, -0.2) is 76.7 Å². The number of aromatic nitrogens is 2. The molecule has 7 nitrogen and oxygen atoms in total. The zero-order valence-electron chi connectivity index (χ0n) is 18.0. The molecule has 3 heterocycles. The van der Waals surface area contributed by atoms with Gasteiger partial charge in [-0.3, -0.25) is 4.90 Å². The van der Waals surface area contributed by atoms with E-state index in [-0.39, 0.29) is 18.6 Å². The average molecular weight is 448 g/mol. The normalized spacial score (nSPS) is 28.0. The van der Waals surface area contributed by atoms with E-state index in [1.54, 1.807) is 17.7 Å². The molecule has 2 unspecified atom stereocenters. The first-order valence-corrected chi connectivity index (χ1v) is 12.5. The summed E-state index contributed by atoms with van der Waals surface area (Å²) in [4.78, 5) is 13.9. The van der Waals surface area contributed by atoms with Crippen molar-refractivity contribution in [3.63, 3.8) is 0 Å². The van der Waals surface area contributed by atoms with Crippen molar-refractivity contribution in [1.29, 1.82) is 0 Å². The molecule has 2 atom stereocenters. The number of hydrogen-bond donors (Lipinski definition) is 2. The number of morpholine rings is 1. The van der Waals surface area contributed by atoms with E-state index in [0.29, 0.717) is 12.3 Å². The van der Waals surface area contributed by atoms with Crippen LogP contribution in [0.1, 0.15) is 54.9 Å². The predicted molar refractivity (Wildman–Crippen MR) is 120 cm³/mol. The summed E-state index contributed by atoms with van der Waals surface area (Å²) in [7, 11) is 0. The van der Waals surface area contributed by atoms with Crippen molar-refractivity contribution >= 4 is 21.6 Å². The van der Waals surface area contributed by atoms with E-state index in [0.717, 1.165) is 68.1 Å². The second-order valence-electron chi connectivity index (χ2n) is 9.28. The van der Waals surface area contributed by atoms with Crippen LogP contribution in [-0.2, 0) is 11.2 Å². The molecule has 170 valence electrons. The van der Waals surface area contributed by atoms with Gasteiger partial charge in [-0.05, 0) is 62.3 Å². The minimum Gasteiger partial charge on any atom is -0.474 e. The van der Waals surface area contributed by atoms with Gasteiger partial charge in [0.15, 0.2) is 0 Å². The molecule has 2 aromatic rings. The van der Waals surface area contributed by atoms with Crippen LogP contribution >= 0.6 is 11.3 Å². The highest BCUT2D eigenvalue weighted by Crippen LogP contribution is 2.47. The largest absolute Gasteiger partial charge is 0.474 e. The first-order valence-electron chi connectivity index (χ1n) is 11.7. The Morgan fingerprint density at radius 3 is 2.74 bits per heavy atom. The van der Waals surface area contributed by atoms with Crippen LogP contribution in [0.25, 0.3) is 10.2 Å². The second-order valence-corrected chi connectivity index (χ2v) is 10.4. The molecule has 1 saturated heterocycles. The van der Waals surface area contributed by atoms with Gasteiger partial charge < -0.3 is 19.7 Å². The summed E-state index contributed by atoms with van der Waals surface area (Å²) in [6.07, 6.45) is 8.27. The Balaban J connectivity index is 1.26. The van der Waals surface area contributed by atoms with Gasteiger partial charge in [0.25, 0.3) is 0 Å². The number of rotatable bonds is 7. The molecule has 3 aliphatic rings. The quantitative estimate of drug-likeness (QED) is 0.675. The fourth-order valence-electron chi connectivity index (χ4n) is 5.51. The molecule has 1 aliphatic heterocycles. The van der Waals surface area contributed by atoms with Gasteiger partial charge in [-0.15, -0.1) is 11.3 Å². The summed E-state index contributed by atoms with van der Waals surface area (Å²) in [5.74, 6) is 1.70. The molecule has 2 aromatic heterocycles. The molecular weight excluding hydrogens is 414 g/mol. The Hall–Kier alpha value is -1.32. The van der Waals surface area contributed by atoms with Crippen LogP contribution in [0.4, 0.5) is 0 Å². The predicted octanol–water partition coefficient (Wildman–Crippen LogP) is 2.73. The molecule has 0 aromatic carbocycles. The standard InChI is InChI=1S/C23H33N3O4S/c27-13-17(28)11-16-3-6-19-20(16)21-22(24-14-25-23(21)31-19)30-18-4-1-15(2-5-18)12-26-7-9-29-10-8-26/h14-18,27-28H,1-13H2. The van der Waals surface area contributed by atoms with Crippen LogP contribution in [0.15, 0.2) is 6.33 Å². The summed E-state index contributed by atoms with van der Waals surface area (Å²) in [6.45, 7) is 4.84. The molecule has 2 fully saturated rings. The maximum atomic E-state index is 10.0. The van der Waals surface area contributed by atoms with Crippen LogP contribution < -0.4 is 4.74 Å². The van der Waals surface area contributed by atoms with Gasteiger partial charge in [-0.25, -0.2) is 9.97 Å². The number of fused-ring (bicyclic) bond motifs is 3. The van der Waals surface area contributed by atoms with E-state index in [9.17, 15) is 10.2 Å². The topological polar surface area (TPSA) is 87.9 Å². The Morgan fingerprint density at radius 1 is 1.16 bits per heavy atom. The van der Waals surface area contributed by atoms with Gasteiger partial charge in [-0.1, -0.05) is 0 Å². The highest BCUT2D eigenvalue weighted by molar-refractivity contribution is 7.19. The fourth-order valence-corrected chi connectivity index (χ4v) is 6.74. The third kappa shape index (κ3) is 4.73. The molecule has 0 spiro atoms. The van der Waals surface area contributed by atoms with Gasteiger partial charge in [0.1, 0.15) is 17.3 Å². The Kier molecular flexibility index (Phi) is 6.71. The first kappa shape index (κ1) is 21.5. The monoisotopic (exact) mass is 447 g/mol. The molecule has 5 rings (SSSR count). The van der Waals surface area contributed by atoms with Gasteiger partial charge in [-0.2, -0.15) is 0 Å². The number of ether oxygens (including phenoxy) is 2. The van der Waals surface area contributed by atoms with E-state index >= 15 is 0 Å². The van der Waals surface area contributed by atoms with E-state index in [4.69, 9.17) is 9.47 Å². The van der Waals surface area contributed by atoms with Gasteiger partial charge in [0.2, 0.25) is 5.88 Å². The lowest BCUT2D eigenvalue weighted by molar-refractivity contribution is 0.0231. The zero-order chi connectivity index (χ0) is 21.2. The number of hydrogen-bond acceptors (Lipinski definition) is 8. The SMILES string of the molecule is OCC(O)CC1CCc2sc3ncnc(OC4CCC(CN5CCOCC5)CC4)c3c21. The van der Waals surface area contributed by atoms with Gasteiger partial charge >= 0.3 is 0 Å². The Bertz CT molecular complexity index is 877. The Labute approximate surface area is 187 Å². The maximum Gasteiger partial charge on any atom is 0.225 e. The highest BCUT2D eigenvalue weighted by atomic mass is 32.1. The molecule has 0 bridgehead atoms. The lowest BCUT2D eigenvalue weighted by Crippen LogP contribution is -2.40. The van der Waals surface area contributed by atoms with Crippen LogP contribution in [0, 0.1) is 5.92 Å². The minimum atomic E-state index is -0.679. The van der Waals surface area contributed by atoms with Gasteiger partial charge in [0.05, 0.1) is 31.3 Å². The summed E-state index contributed by atoms with van der Waals surface area (Å²) in [6, 6.07) is 0. The smallest absolute Gasteiger partial charge is 0.225 e. The number of aryl methyl sites for hydroxylation is 1. The first-order chi connectivity index (χ1) is 15.2. The summed E-state index contributed by atoms with van der Waals surface area (Å²) >= 11 is 1.73. The molecule has 0 amide bonds. The van der Waals surface area contributed by atoms with Crippen molar-refractivity contribution in [2.45, 2.75) is 63.1 Å². The van der Waals surface area contributed by atoms with Crippen molar-refractivity contribution in [3.05, 3.63) is 16.8 Å². The summed E-state index contributed by atoms with van der Waals surface area (Å²) in [5.41, 5.74) is 1.25. The van der Waals surface area contributed by atoms with Crippen molar-refractivity contribution in [1.82, 2.24) is 14.9 Å². The van der Waals surface area contributed by atoms with E-state index in [1.165, 1.54) is 29.8 Å². The van der Waals surface area contributed by atoms with Crippen molar-refractivity contribution in [2.75, 3.05) is 39.5 Å².